The van der Waals surface area contributed by atoms with Crippen molar-refractivity contribution in [1.29, 1.82) is 0 Å². The highest BCUT2D eigenvalue weighted by Crippen LogP contribution is 2.33. The number of nitrogens with one attached hydrogen (secondary N) is 1. The summed E-state index contributed by atoms with van der Waals surface area (Å²) >= 11 is 3.12. The molecule has 1 N–H and O–H groups in total. The van der Waals surface area contributed by atoms with Crippen LogP contribution in [0.15, 0.2) is 0 Å². The lowest BCUT2D eigenvalue weighted by Crippen LogP contribution is -2.45. The smallest absolute Gasteiger partial charge is 0.408 e. The van der Waals surface area contributed by atoms with Crippen molar-refractivity contribution in [2.45, 2.75) is 45.3 Å². The lowest BCUT2D eigenvalue weighted by Gasteiger charge is -2.22. The monoisotopic (exact) mass is 291 g/mol. The van der Waals surface area contributed by atoms with E-state index < -0.39 is 17.7 Å². The van der Waals surface area contributed by atoms with E-state index in [1.165, 1.54) is 0 Å². The van der Waals surface area contributed by atoms with Crippen molar-refractivity contribution >= 4 is 27.8 Å². The van der Waals surface area contributed by atoms with Crippen molar-refractivity contribution < 1.29 is 14.3 Å². The minimum atomic E-state index is -0.532. The minimum absolute atomic E-state index is 0.00774. The van der Waals surface area contributed by atoms with E-state index in [9.17, 15) is 9.59 Å². The van der Waals surface area contributed by atoms with Gasteiger partial charge in [0.1, 0.15) is 5.60 Å². The van der Waals surface area contributed by atoms with Crippen molar-refractivity contribution in [3.8, 4) is 0 Å². The summed E-state index contributed by atoms with van der Waals surface area (Å²) in [7, 11) is 0. The Morgan fingerprint density at radius 3 is 2.38 bits per heavy atom. The zero-order chi connectivity index (χ0) is 12.3. The van der Waals surface area contributed by atoms with Crippen LogP contribution in [0.3, 0.4) is 0 Å². The Labute approximate surface area is 104 Å². The van der Waals surface area contributed by atoms with Gasteiger partial charge in [0.15, 0.2) is 5.78 Å². The van der Waals surface area contributed by atoms with Gasteiger partial charge in [-0.3, -0.25) is 4.79 Å². The molecule has 92 valence electrons. The molecule has 0 aliphatic heterocycles. The Morgan fingerprint density at radius 1 is 1.44 bits per heavy atom. The van der Waals surface area contributed by atoms with E-state index in [1.54, 1.807) is 20.8 Å². The van der Waals surface area contributed by atoms with E-state index in [0.29, 0.717) is 0 Å². The second-order valence-electron chi connectivity index (χ2n) is 5.06. The van der Waals surface area contributed by atoms with E-state index in [4.69, 9.17) is 4.74 Å². The molecule has 1 aliphatic rings. The van der Waals surface area contributed by atoms with Gasteiger partial charge >= 0.3 is 6.09 Å². The SMILES string of the molecule is CC(C)(C)OC(=O)N[C@H](C(=O)CBr)C1CC1. The first-order valence-corrected chi connectivity index (χ1v) is 6.54. The third-order valence-electron chi connectivity index (χ3n) is 2.24. The molecule has 1 fully saturated rings. The van der Waals surface area contributed by atoms with Crippen LogP contribution in [0.5, 0.6) is 0 Å². The fourth-order valence-corrected chi connectivity index (χ4v) is 1.76. The lowest BCUT2D eigenvalue weighted by atomic mass is 10.1. The molecule has 1 saturated carbocycles. The Bertz CT molecular complexity index is 281. The fraction of sp³-hybridized carbons (Fsp3) is 0.818. The Hall–Kier alpha value is -0.580. The normalized spacial score (nSPS) is 17.8. The van der Waals surface area contributed by atoms with E-state index in [1.807, 2.05) is 0 Å². The fourth-order valence-electron chi connectivity index (χ4n) is 1.41. The van der Waals surface area contributed by atoms with Crippen LogP contribution in [-0.4, -0.2) is 28.8 Å². The highest BCUT2D eigenvalue weighted by molar-refractivity contribution is 9.09. The van der Waals surface area contributed by atoms with Crippen molar-refractivity contribution in [1.82, 2.24) is 5.32 Å². The van der Waals surface area contributed by atoms with E-state index in [2.05, 4.69) is 21.2 Å². The van der Waals surface area contributed by atoms with Gasteiger partial charge in [0, 0.05) is 0 Å². The van der Waals surface area contributed by atoms with Crippen LogP contribution in [0.4, 0.5) is 4.79 Å². The van der Waals surface area contributed by atoms with E-state index in [-0.39, 0.29) is 17.0 Å². The minimum Gasteiger partial charge on any atom is -0.444 e. The molecular weight excluding hydrogens is 274 g/mol. The molecule has 0 aromatic heterocycles. The number of ether oxygens (including phenoxy) is 1. The first kappa shape index (κ1) is 13.5. The number of ketones is 1. The summed E-state index contributed by atoms with van der Waals surface area (Å²) in [4.78, 5) is 23.1. The van der Waals surface area contributed by atoms with Crippen molar-refractivity contribution in [2.24, 2.45) is 5.92 Å². The summed E-state index contributed by atoms with van der Waals surface area (Å²) in [6.07, 6.45) is 1.48. The van der Waals surface area contributed by atoms with Gasteiger partial charge in [0.05, 0.1) is 11.4 Å². The molecule has 1 aliphatic carbocycles. The Kier molecular flexibility index (Phi) is 4.35. The van der Waals surface area contributed by atoms with Crippen LogP contribution >= 0.6 is 15.9 Å². The predicted octanol–water partition coefficient (Wildman–Crippen LogP) is 2.25. The van der Waals surface area contributed by atoms with Gasteiger partial charge < -0.3 is 10.1 Å². The first-order valence-electron chi connectivity index (χ1n) is 5.41. The van der Waals surface area contributed by atoms with E-state index in [0.717, 1.165) is 12.8 Å². The molecule has 5 heteroatoms. The summed E-state index contributed by atoms with van der Waals surface area (Å²) < 4.78 is 5.12. The second kappa shape index (κ2) is 5.17. The summed E-state index contributed by atoms with van der Waals surface area (Å²) in [6, 6.07) is -0.394. The molecule has 0 heterocycles. The Balaban J connectivity index is 2.49. The molecular formula is C11H18BrNO3. The predicted molar refractivity (Wildman–Crippen MR) is 64.7 cm³/mol. The highest BCUT2D eigenvalue weighted by atomic mass is 79.9. The zero-order valence-electron chi connectivity index (χ0n) is 9.88. The number of alkyl carbamates (subject to hydrolysis) is 1. The van der Waals surface area contributed by atoms with E-state index >= 15 is 0 Å². The first-order chi connectivity index (χ1) is 7.33. The molecule has 1 atom stereocenters. The average Bonchev–Trinajstić information content (AvgIpc) is 2.93. The molecule has 0 spiro atoms. The van der Waals surface area contributed by atoms with Gasteiger partial charge in [0.2, 0.25) is 0 Å². The summed E-state index contributed by atoms with van der Waals surface area (Å²) in [5.74, 6) is 0.297. The number of hydrogen-bond donors (Lipinski definition) is 1. The third kappa shape index (κ3) is 4.51. The topological polar surface area (TPSA) is 55.4 Å². The number of Topliss-reactive ketones (excluding diaryl/α,β-unsaturated/α-hetero) is 1. The number of alkyl halides is 1. The van der Waals surface area contributed by atoms with Crippen molar-refractivity contribution in [3.05, 3.63) is 0 Å². The largest absolute Gasteiger partial charge is 0.444 e. The zero-order valence-corrected chi connectivity index (χ0v) is 11.5. The number of hydrogen-bond acceptors (Lipinski definition) is 3. The molecule has 1 rings (SSSR count). The molecule has 0 aromatic carbocycles. The molecule has 0 bridgehead atoms. The number of carbonyl (C=O) groups excluding carboxylic acids is 2. The molecule has 0 aromatic rings. The van der Waals surface area contributed by atoms with Gasteiger partial charge in [-0.25, -0.2) is 4.79 Å². The van der Waals surface area contributed by atoms with Crippen LogP contribution in [0.1, 0.15) is 33.6 Å². The third-order valence-corrected chi connectivity index (χ3v) is 2.80. The quantitative estimate of drug-likeness (QED) is 0.809. The standard InChI is InChI=1S/C11H18BrNO3/c1-11(2,3)16-10(15)13-9(7-4-5-7)8(14)6-12/h7,9H,4-6H2,1-3H3,(H,13,15)/t9-/m0/s1. The average molecular weight is 292 g/mol. The number of rotatable bonds is 4. The Morgan fingerprint density at radius 2 is 2.00 bits per heavy atom. The number of amides is 1. The second-order valence-corrected chi connectivity index (χ2v) is 5.62. The molecule has 0 saturated heterocycles. The number of halogens is 1. The molecule has 0 unspecified atom stereocenters. The van der Waals surface area contributed by atoms with Gasteiger partial charge in [-0.2, -0.15) is 0 Å². The molecule has 16 heavy (non-hydrogen) atoms. The molecule has 4 nitrogen and oxygen atoms in total. The summed E-state index contributed by atoms with van der Waals surface area (Å²) in [6.45, 7) is 5.39. The van der Waals surface area contributed by atoms with Crippen LogP contribution in [-0.2, 0) is 9.53 Å². The van der Waals surface area contributed by atoms with Gasteiger partial charge in [-0.1, -0.05) is 15.9 Å². The van der Waals surface area contributed by atoms with Gasteiger partial charge in [-0.05, 0) is 39.5 Å². The summed E-state index contributed by atoms with van der Waals surface area (Å²) in [5, 5.41) is 2.91. The summed E-state index contributed by atoms with van der Waals surface area (Å²) in [5.41, 5.74) is -0.532. The van der Waals surface area contributed by atoms with Gasteiger partial charge in [-0.15, -0.1) is 0 Å². The van der Waals surface area contributed by atoms with Crippen LogP contribution in [0.2, 0.25) is 0 Å². The van der Waals surface area contributed by atoms with Crippen LogP contribution in [0, 0.1) is 5.92 Å². The van der Waals surface area contributed by atoms with Crippen LogP contribution < -0.4 is 5.32 Å². The number of carbonyl (C=O) groups is 2. The maximum atomic E-state index is 11.6. The van der Waals surface area contributed by atoms with Gasteiger partial charge in [0.25, 0.3) is 0 Å². The molecule has 0 radical (unpaired) electrons. The maximum absolute atomic E-state index is 11.6. The maximum Gasteiger partial charge on any atom is 0.408 e. The highest BCUT2D eigenvalue weighted by Gasteiger charge is 2.37. The molecule has 1 amide bonds. The van der Waals surface area contributed by atoms with Crippen LogP contribution in [0.25, 0.3) is 0 Å². The van der Waals surface area contributed by atoms with Crippen molar-refractivity contribution in [2.75, 3.05) is 5.33 Å². The van der Waals surface area contributed by atoms with Crippen molar-refractivity contribution in [3.63, 3.8) is 0 Å². The lowest BCUT2D eigenvalue weighted by molar-refractivity contribution is -0.119.